The van der Waals surface area contributed by atoms with Crippen molar-refractivity contribution in [3.63, 3.8) is 0 Å². The Bertz CT molecular complexity index is 913. The van der Waals surface area contributed by atoms with E-state index in [0.29, 0.717) is 35.4 Å². The molecular weight excluding hydrogens is 402 g/mol. The normalized spacial score (nSPS) is 17.7. The molecule has 0 radical (unpaired) electrons. The maximum absolute atomic E-state index is 12.8. The third-order valence-electron chi connectivity index (χ3n) is 4.48. The zero-order valence-electron chi connectivity index (χ0n) is 17.3. The summed E-state index contributed by atoms with van der Waals surface area (Å²) < 4.78 is 10.6. The van der Waals surface area contributed by atoms with Gasteiger partial charge in [-0.15, -0.1) is 0 Å². The summed E-state index contributed by atoms with van der Waals surface area (Å²) in [6, 6.07) is 14.4. The molecule has 1 N–H and O–H groups in total. The standard InChI is InChI=1S/C22H25N3O4S/c1-4-25-20(26)14-19(21(27)23-15-6-10-17(28-3)11-7-15)30-22(25)24-16-8-12-18(13-9-16)29-5-2/h6-13,19H,4-5,14H2,1-3H3,(H,23,27)/t19-/m1/s1. The molecule has 1 heterocycles. The number of aliphatic imine (C=N–C) groups is 1. The summed E-state index contributed by atoms with van der Waals surface area (Å²) in [7, 11) is 1.59. The molecule has 3 rings (SSSR count). The number of amidine groups is 1. The van der Waals surface area contributed by atoms with E-state index in [1.165, 1.54) is 11.8 Å². The van der Waals surface area contributed by atoms with E-state index in [0.717, 1.165) is 5.75 Å². The quantitative estimate of drug-likeness (QED) is 0.720. The number of nitrogens with zero attached hydrogens (tertiary/aromatic N) is 2. The van der Waals surface area contributed by atoms with Crippen LogP contribution in [0.4, 0.5) is 11.4 Å². The predicted molar refractivity (Wildman–Crippen MR) is 120 cm³/mol. The highest BCUT2D eigenvalue weighted by atomic mass is 32.2. The second-order valence-electron chi connectivity index (χ2n) is 6.49. The van der Waals surface area contributed by atoms with Crippen molar-refractivity contribution < 1.29 is 19.1 Å². The first kappa shape index (κ1) is 21.7. The fraction of sp³-hybridized carbons (Fsp3) is 0.318. The Morgan fingerprint density at radius 1 is 1.13 bits per heavy atom. The molecule has 0 aromatic heterocycles. The summed E-state index contributed by atoms with van der Waals surface area (Å²) in [5.41, 5.74) is 1.35. The Balaban J connectivity index is 1.75. The van der Waals surface area contributed by atoms with Gasteiger partial charge in [0.25, 0.3) is 0 Å². The third kappa shape index (κ3) is 5.33. The molecule has 2 aromatic rings. The summed E-state index contributed by atoms with van der Waals surface area (Å²) in [5.74, 6) is 1.13. The van der Waals surface area contributed by atoms with Crippen molar-refractivity contribution in [3.05, 3.63) is 48.5 Å². The zero-order chi connectivity index (χ0) is 21.5. The number of amides is 2. The maximum atomic E-state index is 12.8. The minimum Gasteiger partial charge on any atom is -0.497 e. The molecule has 8 heteroatoms. The van der Waals surface area contributed by atoms with Crippen LogP contribution < -0.4 is 14.8 Å². The molecule has 0 spiro atoms. The first-order chi connectivity index (χ1) is 14.5. The van der Waals surface area contributed by atoms with E-state index in [9.17, 15) is 9.59 Å². The van der Waals surface area contributed by atoms with Gasteiger partial charge in [0.1, 0.15) is 16.7 Å². The zero-order valence-corrected chi connectivity index (χ0v) is 18.1. The first-order valence-electron chi connectivity index (χ1n) is 9.77. The summed E-state index contributed by atoms with van der Waals surface area (Å²) in [6.07, 6.45) is 0.128. The predicted octanol–water partition coefficient (Wildman–Crippen LogP) is 4.07. The lowest BCUT2D eigenvalue weighted by Crippen LogP contribution is -2.45. The Morgan fingerprint density at radius 3 is 2.40 bits per heavy atom. The molecule has 2 aromatic carbocycles. The number of carbonyl (C=O) groups excluding carboxylic acids is 2. The van der Waals surface area contributed by atoms with E-state index < -0.39 is 5.25 Å². The van der Waals surface area contributed by atoms with Gasteiger partial charge in [0, 0.05) is 18.7 Å². The van der Waals surface area contributed by atoms with Crippen LogP contribution in [-0.2, 0) is 9.59 Å². The molecule has 1 atom stereocenters. The van der Waals surface area contributed by atoms with Gasteiger partial charge < -0.3 is 14.8 Å². The minimum absolute atomic E-state index is 0.115. The van der Waals surface area contributed by atoms with Crippen LogP contribution in [0.25, 0.3) is 0 Å². The smallest absolute Gasteiger partial charge is 0.238 e. The Kier molecular flexibility index (Phi) is 7.35. The van der Waals surface area contributed by atoms with Crippen molar-refractivity contribution in [1.82, 2.24) is 4.90 Å². The van der Waals surface area contributed by atoms with Gasteiger partial charge in [0.2, 0.25) is 11.8 Å². The number of methoxy groups -OCH3 is 1. The lowest BCUT2D eigenvalue weighted by Gasteiger charge is -2.30. The van der Waals surface area contributed by atoms with Gasteiger partial charge in [0.05, 0.1) is 19.4 Å². The van der Waals surface area contributed by atoms with E-state index in [4.69, 9.17) is 9.47 Å². The highest BCUT2D eigenvalue weighted by molar-refractivity contribution is 8.15. The molecule has 7 nitrogen and oxygen atoms in total. The van der Waals surface area contributed by atoms with Gasteiger partial charge in [-0.05, 0) is 62.4 Å². The summed E-state index contributed by atoms with van der Waals surface area (Å²) in [4.78, 5) is 31.6. The third-order valence-corrected chi connectivity index (χ3v) is 5.67. The van der Waals surface area contributed by atoms with Crippen LogP contribution in [-0.4, -0.2) is 47.4 Å². The van der Waals surface area contributed by atoms with Crippen LogP contribution in [0.2, 0.25) is 0 Å². The molecular formula is C22H25N3O4S. The topological polar surface area (TPSA) is 80.2 Å². The molecule has 30 heavy (non-hydrogen) atoms. The Hall–Kier alpha value is -3.00. The minimum atomic E-state index is -0.552. The maximum Gasteiger partial charge on any atom is 0.238 e. The molecule has 0 unspecified atom stereocenters. The number of nitrogens with one attached hydrogen (secondary N) is 1. The van der Waals surface area contributed by atoms with E-state index in [2.05, 4.69) is 10.3 Å². The van der Waals surface area contributed by atoms with Gasteiger partial charge in [-0.3, -0.25) is 14.5 Å². The molecule has 1 aliphatic heterocycles. The number of carbonyl (C=O) groups is 2. The van der Waals surface area contributed by atoms with E-state index in [1.54, 1.807) is 36.3 Å². The van der Waals surface area contributed by atoms with Crippen LogP contribution in [0, 0.1) is 0 Å². The van der Waals surface area contributed by atoms with Crippen molar-refractivity contribution >= 4 is 40.1 Å². The van der Waals surface area contributed by atoms with Crippen molar-refractivity contribution in [3.8, 4) is 11.5 Å². The lowest BCUT2D eigenvalue weighted by atomic mass is 10.2. The molecule has 1 saturated heterocycles. The number of rotatable bonds is 7. The highest BCUT2D eigenvalue weighted by Gasteiger charge is 2.35. The average Bonchev–Trinajstić information content (AvgIpc) is 2.75. The number of benzene rings is 2. The molecule has 1 aliphatic rings. The fourth-order valence-electron chi connectivity index (χ4n) is 2.94. The summed E-state index contributed by atoms with van der Waals surface area (Å²) in [6.45, 7) is 4.90. The molecule has 2 amide bonds. The van der Waals surface area contributed by atoms with Crippen molar-refractivity contribution in [2.45, 2.75) is 25.5 Å². The van der Waals surface area contributed by atoms with Gasteiger partial charge in [-0.25, -0.2) is 4.99 Å². The van der Waals surface area contributed by atoms with Crippen molar-refractivity contribution in [2.75, 3.05) is 25.6 Å². The number of ether oxygens (including phenoxy) is 2. The second-order valence-corrected chi connectivity index (χ2v) is 7.66. The van der Waals surface area contributed by atoms with E-state index >= 15 is 0 Å². The Labute approximate surface area is 180 Å². The van der Waals surface area contributed by atoms with E-state index in [-0.39, 0.29) is 18.2 Å². The number of anilines is 1. The molecule has 158 valence electrons. The van der Waals surface area contributed by atoms with Gasteiger partial charge in [-0.1, -0.05) is 11.8 Å². The largest absolute Gasteiger partial charge is 0.497 e. The van der Waals surface area contributed by atoms with Crippen LogP contribution in [0.5, 0.6) is 11.5 Å². The molecule has 1 fully saturated rings. The molecule has 0 aliphatic carbocycles. The van der Waals surface area contributed by atoms with Crippen LogP contribution >= 0.6 is 11.8 Å². The Morgan fingerprint density at radius 2 is 1.80 bits per heavy atom. The fourth-order valence-corrected chi connectivity index (χ4v) is 4.11. The number of hydrogen-bond donors (Lipinski definition) is 1. The van der Waals surface area contributed by atoms with Gasteiger partial charge in [0.15, 0.2) is 5.17 Å². The molecule has 0 bridgehead atoms. The molecule has 0 saturated carbocycles. The average molecular weight is 428 g/mol. The van der Waals surface area contributed by atoms with Gasteiger partial charge in [-0.2, -0.15) is 0 Å². The van der Waals surface area contributed by atoms with E-state index in [1.807, 2.05) is 38.1 Å². The summed E-state index contributed by atoms with van der Waals surface area (Å²) in [5, 5.41) is 2.83. The SMILES string of the molecule is CCOc1ccc(N=C2S[C@@H](C(=O)Nc3ccc(OC)cc3)CC(=O)N2CC)cc1. The number of hydrogen-bond acceptors (Lipinski definition) is 6. The monoisotopic (exact) mass is 427 g/mol. The second kappa shape index (κ2) is 10.2. The highest BCUT2D eigenvalue weighted by Crippen LogP contribution is 2.30. The first-order valence-corrected chi connectivity index (χ1v) is 10.7. The summed E-state index contributed by atoms with van der Waals surface area (Å²) >= 11 is 1.30. The lowest BCUT2D eigenvalue weighted by molar-refractivity contribution is -0.129. The van der Waals surface area contributed by atoms with Crippen molar-refractivity contribution in [2.24, 2.45) is 4.99 Å². The van der Waals surface area contributed by atoms with Crippen LogP contribution in [0.15, 0.2) is 53.5 Å². The van der Waals surface area contributed by atoms with Crippen LogP contribution in [0.3, 0.4) is 0 Å². The van der Waals surface area contributed by atoms with Gasteiger partial charge >= 0.3 is 0 Å². The van der Waals surface area contributed by atoms with Crippen molar-refractivity contribution in [1.29, 1.82) is 0 Å². The van der Waals surface area contributed by atoms with Crippen LogP contribution in [0.1, 0.15) is 20.3 Å². The number of thioether (sulfide) groups is 1.